The Bertz CT molecular complexity index is 465. The number of aryl methyl sites for hydroxylation is 1. The van der Waals surface area contributed by atoms with E-state index in [-0.39, 0.29) is 11.6 Å². The summed E-state index contributed by atoms with van der Waals surface area (Å²) in [4.78, 5) is 0. The highest BCUT2D eigenvalue weighted by molar-refractivity contribution is 9.10. The largest absolute Gasteiger partial charge is 0.378 e. The maximum absolute atomic E-state index is 6.54. The van der Waals surface area contributed by atoms with E-state index in [2.05, 4.69) is 41.1 Å². The molecule has 0 aliphatic carbocycles. The smallest absolute Gasteiger partial charge is 0.0940 e. The van der Waals surface area contributed by atoms with E-state index in [0.717, 1.165) is 43.6 Å². The van der Waals surface area contributed by atoms with Gasteiger partial charge in [0.25, 0.3) is 0 Å². The van der Waals surface area contributed by atoms with Crippen molar-refractivity contribution in [3.8, 4) is 0 Å². The van der Waals surface area contributed by atoms with E-state index in [1.165, 1.54) is 11.1 Å². The molecule has 1 aromatic rings. The lowest BCUT2D eigenvalue weighted by Gasteiger charge is -2.39. The molecule has 2 saturated heterocycles. The van der Waals surface area contributed by atoms with E-state index in [1.54, 1.807) is 0 Å². The third-order valence-corrected chi connectivity index (χ3v) is 5.01. The van der Waals surface area contributed by atoms with E-state index in [4.69, 9.17) is 15.2 Å². The van der Waals surface area contributed by atoms with E-state index < -0.39 is 0 Å². The fraction of sp³-hybridized carbons (Fsp3) is 0.625. The predicted octanol–water partition coefficient (Wildman–Crippen LogP) is 3.34. The van der Waals surface area contributed by atoms with Gasteiger partial charge in [-0.1, -0.05) is 22.0 Å². The minimum Gasteiger partial charge on any atom is -0.378 e. The molecule has 2 aliphatic heterocycles. The van der Waals surface area contributed by atoms with Gasteiger partial charge >= 0.3 is 0 Å². The predicted molar refractivity (Wildman–Crippen MR) is 82.7 cm³/mol. The Kier molecular flexibility index (Phi) is 4.18. The summed E-state index contributed by atoms with van der Waals surface area (Å²) in [5.41, 5.74) is 8.94. The van der Waals surface area contributed by atoms with Crippen LogP contribution in [0.5, 0.6) is 0 Å². The molecule has 0 amide bonds. The third-order valence-electron chi connectivity index (χ3n) is 4.56. The van der Waals surface area contributed by atoms with Crippen molar-refractivity contribution in [2.75, 3.05) is 19.8 Å². The molecule has 0 saturated carbocycles. The van der Waals surface area contributed by atoms with Gasteiger partial charge in [0.05, 0.1) is 12.2 Å². The molecule has 3 unspecified atom stereocenters. The molecule has 0 radical (unpaired) electrons. The molecule has 20 heavy (non-hydrogen) atoms. The molecule has 0 bridgehead atoms. The van der Waals surface area contributed by atoms with E-state index in [9.17, 15) is 0 Å². The van der Waals surface area contributed by atoms with Gasteiger partial charge in [0.15, 0.2) is 0 Å². The Balaban J connectivity index is 1.77. The van der Waals surface area contributed by atoms with Crippen LogP contribution in [0, 0.1) is 12.8 Å². The highest BCUT2D eigenvalue weighted by Gasteiger charge is 2.42. The molecule has 3 nitrogen and oxygen atoms in total. The van der Waals surface area contributed by atoms with Crippen LogP contribution in [0.4, 0.5) is 0 Å². The van der Waals surface area contributed by atoms with Crippen molar-refractivity contribution in [1.29, 1.82) is 0 Å². The van der Waals surface area contributed by atoms with Crippen molar-refractivity contribution >= 4 is 15.9 Å². The van der Waals surface area contributed by atoms with Gasteiger partial charge in [0.2, 0.25) is 0 Å². The summed E-state index contributed by atoms with van der Waals surface area (Å²) in [5.74, 6) is 0.471. The minimum atomic E-state index is -0.0679. The quantitative estimate of drug-likeness (QED) is 0.898. The van der Waals surface area contributed by atoms with Crippen LogP contribution in [0.2, 0.25) is 0 Å². The summed E-state index contributed by atoms with van der Waals surface area (Å²) in [5, 5.41) is 0. The number of hydrogen-bond donors (Lipinski definition) is 1. The Labute approximate surface area is 129 Å². The van der Waals surface area contributed by atoms with E-state index >= 15 is 0 Å². The van der Waals surface area contributed by atoms with Crippen molar-refractivity contribution < 1.29 is 9.47 Å². The number of nitrogens with two attached hydrogens (primary N) is 1. The zero-order valence-corrected chi connectivity index (χ0v) is 13.5. The maximum atomic E-state index is 6.54. The van der Waals surface area contributed by atoms with Crippen molar-refractivity contribution in [2.45, 2.75) is 37.8 Å². The van der Waals surface area contributed by atoms with Crippen molar-refractivity contribution in [3.05, 3.63) is 33.8 Å². The molecule has 4 heteroatoms. The summed E-state index contributed by atoms with van der Waals surface area (Å²) in [6.07, 6.45) is 3.06. The molecule has 3 atom stereocenters. The number of benzene rings is 1. The zero-order valence-electron chi connectivity index (χ0n) is 11.9. The summed E-state index contributed by atoms with van der Waals surface area (Å²) in [6.45, 7) is 4.46. The normalized spacial score (nSPS) is 31.6. The van der Waals surface area contributed by atoms with Crippen LogP contribution in [0.3, 0.4) is 0 Å². The fourth-order valence-electron chi connectivity index (χ4n) is 3.46. The molecule has 1 aromatic carbocycles. The van der Waals surface area contributed by atoms with Crippen LogP contribution in [0.1, 0.15) is 36.4 Å². The highest BCUT2D eigenvalue weighted by Crippen LogP contribution is 2.40. The molecular weight excluding hydrogens is 318 g/mol. The van der Waals surface area contributed by atoms with Crippen LogP contribution < -0.4 is 5.73 Å². The molecule has 110 valence electrons. The van der Waals surface area contributed by atoms with Crippen molar-refractivity contribution in [3.63, 3.8) is 0 Å². The average molecular weight is 340 g/mol. The lowest BCUT2D eigenvalue weighted by Crippen LogP contribution is -2.43. The molecule has 2 heterocycles. The molecule has 2 N–H and O–H groups in total. The number of ether oxygens (including phenoxy) is 2. The van der Waals surface area contributed by atoms with Gasteiger partial charge < -0.3 is 15.2 Å². The lowest BCUT2D eigenvalue weighted by molar-refractivity contribution is -0.101. The molecule has 2 aliphatic rings. The number of hydrogen-bond acceptors (Lipinski definition) is 3. The molecule has 0 aromatic heterocycles. The van der Waals surface area contributed by atoms with Crippen LogP contribution in [0.15, 0.2) is 22.7 Å². The number of halogens is 1. The van der Waals surface area contributed by atoms with Gasteiger partial charge in [-0.25, -0.2) is 0 Å². The second kappa shape index (κ2) is 5.76. The standard InChI is InChI=1S/C16H22BrNO2/c1-11-6-13(8-14(17)7-11)15(18)12-2-4-20-16(9-12)3-5-19-10-16/h6-8,12,15H,2-5,9-10,18H2,1H3. The zero-order chi connectivity index (χ0) is 14.2. The average Bonchev–Trinajstić information content (AvgIpc) is 2.85. The van der Waals surface area contributed by atoms with Crippen LogP contribution >= 0.6 is 15.9 Å². The first-order valence-corrected chi connectivity index (χ1v) is 8.12. The summed E-state index contributed by atoms with van der Waals surface area (Å²) in [7, 11) is 0. The second-order valence-electron chi connectivity index (χ2n) is 6.17. The van der Waals surface area contributed by atoms with Crippen LogP contribution in [-0.2, 0) is 9.47 Å². The van der Waals surface area contributed by atoms with Gasteiger partial charge in [-0.15, -0.1) is 0 Å². The van der Waals surface area contributed by atoms with E-state index in [1.807, 2.05) is 0 Å². The van der Waals surface area contributed by atoms with Gasteiger partial charge in [-0.3, -0.25) is 0 Å². The Hall–Kier alpha value is -0.420. The van der Waals surface area contributed by atoms with E-state index in [0.29, 0.717) is 5.92 Å². The third kappa shape index (κ3) is 2.93. The van der Waals surface area contributed by atoms with Crippen molar-refractivity contribution in [2.24, 2.45) is 11.7 Å². The Morgan fingerprint density at radius 2 is 2.20 bits per heavy atom. The van der Waals surface area contributed by atoms with Crippen molar-refractivity contribution in [1.82, 2.24) is 0 Å². The summed E-state index contributed by atoms with van der Waals surface area (Å²) < 4.78 is 12.6. The Morgan fingerprint density at radius 1 is 1.35 bits per heavy atom. The topological polar surface area (TPSA) is 44.5 Å². The molecule has 1 spiro atoms. The van der Waals surface area contributed by atoms with Gasteiger partial charge in [0.1, 0.15) is 0 Å². The monoisotopic (exact) mass is 339 g/mol. The highest BCUT2D eigenvalue weighted by atomic mass is 79.9. The lowest BCUT2D eigenvalue weighted by atomic mass is 9.79. The first-order valence-electron chi connectivity index (χ1n) is 7.32. The first-order chi connectivity index (χ1) is 9.58. The summed E-state index contributed by atoms with van der Waals surface area (Å²) in [6, 6.07) is 6.53. The summed E-state index contributed by atoms with van der Waals surface area (Å²) >= 11 is 3.56. The van der Waals surface area contributed by atoms with Gasteiger partial charge in [-0.05, 0) is 48.9 Å². The second-order valence-corrected chi connectivity index (χ2v) is 7.09. The molecule has 2 fully saturated rings. The van der Waals surface area contributed by atoms with Crippen LogP contribution in [-0.4, -0.2) is 25.4 Å². The van der Waals surface area contributed by atoms with Gasteiger partial charge in [-0.2, -0.15) is 0 Å². The van der Waals surface area contributed by atoms with Gasteiger partial charge in [0, 0.05) is 30.1 Å². The molecule has 3 rings (SSSR count). The van der Waals surface area contributed by atoms with Crippen LogP contribution in [0.25, 0.3) is 0 Å². The molecular formula is C16H22BrNO2. The number of rotatable bonds is 2. The SMILES string of the molecule is Cc1cc(Br)cc(C(N)C2CCOC3(CCOC3)C2)c1. The maximum Gasteiger partial charge on any atom is 0.0940 e. The Morgan fingerprint density at radius 3 is 2.90 bits per heavy atom. The fourth-order valence-corrected chi connectivity index (χ4v) is 4.09. The first kappa shape index (κ1) is 14.5. The minimum absolute atomic E-state index is 0.0679.